The summed E-state index contributed by atoms with van der Waals surface area (Å²) in [6, 6.07) is 10.7. The number of nitrogens with zero attached hydrogens (tertiary/aromatic N) is 4. The molecular weight excluding hydrogens is 286 g/mol. The monoisotopic (exact) mass is 309 g/mol. The zero-order valence-corrected chi connectivity index (χ0v) is 14.2. The minimum atomic E-state index is 0.548. The average molecular weight is 309 g/mol. The molecule has 5 nitrogen and oxygen atoms in total. The van der Waals surface area contributed by atoms with Crippen LogP contribution in [0.1, 0.15) is 34.9 Å². The van der Waals surface area contributed by atoms with E-state index in [1.807, 2.05) is 13.8 Å². The van der Waals surface area contributed by atoms with E-state index >= 15 is 0 Å². The van der Waals surface area contributed by atoms with E-state index in [1.54, 1.807) is 0 Å². The van der Waals surface area contributed by atoms with Crippen LogP contribution >= 0.6 is 0 Å². The molecule has 2 rings (SSSR count). The number of aromatic nitrogens is 2. The minimum Gasteiger partial charge on any atom is -0.363 e. The lowest BCUT2D eigenvalue weighted by atomic mass is 10.1. The molecule has 1 heterocycles. The van der Waals surface area contributed by atoms with Crippen molar-refractivity contribution in [3.63, 3.8) is 0 Å². The highest BCUT2D eigenvalue weighted by molar-refractivity contribution is 5.55. The van der Waals surface area contributed by atoms with Crippen LogP contribution in [-0.2, 0) is 13.1 Å². The normalized spacial score (nSPS) is 10.6. The molecule has 0 aliphatic carbocycles. The Bertz CT molecular complexity index is 718. The maximum Gasteiger partial charge on any atom is 0.167 e. The van der Waals surface area contributed by atoms with Gasteiger partial charge in [0.1, 0.15) is 11.6 Å². The largest absolute Gasteiger partial charge is 0.363 e. The molecule has 5 heteroatoms. The molecule has 1 aromatic carbocycles. The Morgan fingerprint density at radius 3 is 2.65 bits per heavy atom. The number of anilines is 1. The van der Waals surface area contributed by atoms with Gasteiger partial charge in [-0.2, -0.15) is 10.4 Å². The van der Waals surface area contributed by atoms with E-state index in [1.165, 1.54) is 5.56 Å². The quantitative estimate of drug-likeness (QED) is 0.888. The molecule has 2 aromatic rings. The second kappa shape index (κ2) is 7.70. The van der Waals surface area contributed by atoms with Crippen molar-refractivity contribution < 1.29 is 0 Å². The van der Waals surface area contributed by atoms with Crippen LogP contribution in [0.3, 0.4) is 0 Å². The Morgan fingerprint density at radius 1 is 1.22 bits per heavy atom. The molecule has 1 aromatic heterocycles. The third kappa shape index (κ3) is 4.27. The molecule has 0 fully saturated rings. The van der Waals surface area contributed by atoms with Crippen molar-refractivity contribution in [1.82, 2.24) is 15.1 Å². The number of nitrogens with one attached hydrogen (secondary N) is 1. The first-order chi connectivity index (χ1) is 11.0. The molecule has 1 N–H and O–H groups in total. The molecule has 120 valence electrons. The zero-order valence-electron chi connectivity index (χ0n) is 14.2. The highest BCUT2D eigenvalue weighted by Crippen LogP contribution is 2.18. The van der Waals surface area contributed by atoms with Crippen molar-refractivity contribution in [2.24, 2.45) is 0 Å². The summed E-state index contributed by atoms with van der Waals surface area (Å²) >= 11 is 0. The summed E-state index contributed by atoms with van der Waals surface area (Å²) in [5, 5.41) is 20.8. The van der Waals surface area contributed by atoms with E-state index in [0.29, 0.717) is 17.9 Å². The van der Waals surface area contributed by atoms with Gasteiger partial charge in [0.2, 0.25) is 0 Å². The molecule has 0 spiro atoms. The highest BCUT2D eigenvalue weighted by atomic mass is 15.2. The van der Waals surface area contributed by atoms with Crippen LogP contribution in [0, 0.1) is 25.2 Å². The lowest BCUT2D eigenvalue weighted by molar-refractivity contribution is 0.345. The van der Waals surface area contributed by atoms with Crippen molar-refractivity contribution in [3.05, 3.63) is 52.2 Å². The van der Waals surface area contributed by atoms with Crippen molar-refractivity contribution in [3.8, 4) is 6.07 Å². The van der Waals surface area contributed by atoms with Crippen LogP contribution in [0.4, 0.5) is 5.82 Å². The first kappa shape index (κ1) is 16.9. The summed E-state index contributed by atoms with van der Waals surface area (Å²) in [6.45, 7) is 8.47. The first-order valence-electron chi connectivity index (χ1n) is 7.79. The second-order valence-corrected chi connectivity index (χ2v) is 5.75. The summed E-state index contributed by atoms with van der Waals surface area (Å²) in [7, 11) is 2.11. The average Bonchev–Trinajstić information content (AvgIpc) is 2.56. The molecule has 0 aliphatic heterocycles. The first-order valence-corrected chi connectivity index (χ1v) is 7.79. The summed E-state index contributed by atoms with van der Waals surface area (Å²) < 4.78 is 0. The Balaban J connectivity index is 2.11. The molecule has 0 saturated heterocycles. The van der Waals surface area contributed by atoms with Crippen LogP contribution < -0.4 is 5.32 Å². The van der Waals surface area contributed by atoms with Gasteiger partial charge in [-0.25, -0.2) is 0 Å². The fourth-order valence-electron chi connectivity index (χ4n) is 2.32. The number of rotatable bonds is 6. The summed E-state index contributed by atoms with van der Waals surface area (Å²) in [5.41, 5.74) is 4.68. The van der Waals surface area contributed by atoms with Crippen molar-refractivity contribution in [2.75, 3.05) is 18.9 Å². The number of hydrogen-bond acceptors (Lipinski definition) is 5. The number of aryl methyl sites for hydroxylation is 1. The zero-order chi connectivity index (χ0) is 16.8. The van der Waals surface area contributed by atoms with Crippen LogP contribution in [0.15, 0.2) is 24.3 Å². The van der Waals surface area contributed by atoms with Crippen LogP contribution in [0.2, 0.25) is 0 Å². The van der Waals surface area contributed by atoms with Crippen LogP contribution in [-0.4, -0.2) is 28.7 Å². The van der Waals surface area contributed by atoms with Gasteiger partial charge in [0, 0.05) is 13.1 Å². The Hall–Kier alpha value is -2.45. The Labute approximate surface area is 138 Å². The topological polar surface area (TPSA) is 64.8 Å². The third-order valence-corrected chi connectivity index (χ3v) is 4.01. The van der Waals surface area contributed by atoms with E-state index in [4.69, 9.17) is 0 Å². The molecular formula is C18H23N5. The molecule has 0 bridgehead atoms. The predicted molar refractivity (Wildman–Crippen MR) is 92.0 cm³/mol. The van der Waals surface area contributed by atoms with E-state index in [9.17, 15) is 5.26 Å². The van der Waals surface area contributed by atoms with Crippen LogP contribution in [0.25, 0.3) is 0 Å². The smallest absolute Gasteiger partial charge is 0.167 e. The van der Waals surface area contributed by atoms with Crippen molar-refractivity contribution in [1.29, 1.82) is 5.26 Å². The number of nitriles is 1. The Morgan fingerprint density at radius 2 is 1.96 bits per heavy atom. The molecule has 0 saturated carbocycles. The lowest BCUT2D eigenvalue weighted by Gasteiger charge is -2.15. The van der Waals surface area contributed by atoms with E-state index in [0.717, 1.165) is 29.9 Å². The summed E-state index contributed by atoms with van der Waals surface area (Å²) in [5.74, 6) is 0.548. The third-order valence-electron chi connectivity index (χ3n) is 4.01. The lowest BCUT2D eigenvalue weighted by Crippen LogP contribution is -2.16. The molecule has 0 atom stereocenters. The molecule has 23 heavy (non-hydrogen) atoms. The standard InChI is InChI=1S/C18H23N5/c1-5-23(4)12-16-8-6-7-15(9-16)11-20-18-17(10-19)13(2)14(3)21-22-18/h6-9H,5,11-12H2,1-4H3,(H,20,22). The number of benzene rings is 1. The van der Waals surface area contributed by atoms with Gasteiger partial charge in [0.05, 0.1) is 5.69 Å². The van der Waals surface area contributed by atoms with Gasteiger partial charge in [0.25, 0.3) is 0 Å². The SMILES string of the molecule is CCN(C)Cc1cccc(CNc2nnc(C)c(C)c2C#N)c1. The fourth-order valence-corrected chi connectivity index (χ4v) is 2.32. The van der Waals surface area contributed by atoms with Gasteiger partial charge in [-0.05, 0) is 44.1 Å². The van der Waals surface area contributed by atoms with Gasteiger partial charge >= 0.3 is 0 Å². The maximum atomic E-state index is 9.33. The van der Waals surface area contributed by atoms with Gasteiger partial charge in [-0.15, -0.1) is 5.10 Å². The maximum absolute atomic E-state index is 9.33. The van der Waals surface area contributed by atoms with Gasteiger partial charge in [0.15, 0.2) is 5.82 Å². The van der Waals surface area contributed by atoms with Gasteiger partial charge in [-0.3, -0.25) is 0 Å². The van der Waals surface area contributed by atoms with Crippen molar-refractivity contribution >= 4 is 5.82 Å². The highest BCUT2D eigenvalue weighted by Gasteiger charge is 2.10. The van der Waals surface area contributed by atoms with Gasteiger partial charge < -0.3 is 10.2 Å². The van der Waals surface area contributed by atoms with E-state index in [-0.39, 0.29) is 0 Å². The number of hydrogen-bond donors (Lipinski definition) is 1. The van der Waals surface area contributed by atoms with E-state index < -0.39 is 0 Å². The minimum absolute atomic E-state index is 0.548. The fraction of sp³-hybridized carbons (Fsp3) is 0.389. The molecule has 0 amide bonds. The summed E-state index contributed by atoms with van der Waals surface area (Å²) in [4.78, 5) is 2.26. The molecule has 0 unspecified atom stereocenters. The molecule has 0 radical (unpaired) electrons. The van der Waals surface area contributed by atoms with Gasteiger partial charge in [-0.1, -0.05) is 31.2 Å². The molecule has 0 aliphatic rings. The predicted octanol–water partition coefficient (Wildman–Crippen LogP) is 3.03. The summed E-state index contributed by atoms with van der Waals surface area (Å²) in [6.07, 6.45) is 0. The second-order valence-electron chi connectivity index (χ2n) is 5.75. The van der Waals surface area contributed by atoms with Crippen molar-refractivity contribution in [2.45, 2.75) is 33.9 Å². The van der Waals surface area contributed by atoms with Crippen LogP contribution in [0.5, 0.6) is 0 Å². The van der Waals surface area contributed by atoms with E-state index in [2.05, 4.69) is 64.7 Å². The Kier molecular flexibility index (Phi) is 5.67.